The second-order valence-corrected chi connectivity index (χ2v) is 11.5. The standard InChI is InChI=1S/C21H27NO6Si/c1-4-19(23)24-29(20(5-2)25-26-20,21(6-3)27-28-21)13-9-11-17-15-22-14-16-10-7-8-12-18(16)17/h7-8,10,12,14-15H,4-6,9,11,13H2,1-3H3. The minimum Gasteiger partial charge on any atom is -0.507 e. The van der Waals surface area contributed by atoms with Gasteiger partial charge in [-0.25, -0.2) is 0 Å². The van der Waals surface area contributed by atoms with E-state index in [1.165, 1.54) is 10.9 Å². The maximum Gasteiger partial charge on any atom is 0.391 e. The van der Waals surface area contributed by atoms with Crippen molar-refractivity contribution in [2.24, 2.45) is 0 Å². The quantitative estimate of drug-likeness (QED) is 0.324. The summed E-state index contributed by atoms with van der Waals surface area (Å²) >= 11 is 0. The highest BCUT2D eigenvalue weighted by molar-refractivity contribution is 6.80. The van der Waals surface area contributed by atoms with Crippen LogP contribution in [0.2, 0.25) is 6.04 Å². The molecule has 2 fully saturated rings. The van der Waals surface area contributed by atoms with Crippen LogP contribution in [0.5, 0.6) is 0 Å². The van der Waals surface area contributed by atoms with Gasteiger partial charge in [0.1, 0.15) is 0 Å². The number of pyridine rings is 1. The van der Waals surface area contributed by atoms with Gasteiger partial charge in [-0.2, -0.15) is 19.6 Å². The maximum atomic E-state index is 12.4. The molecule has 1 aromatic carbocycles. The average Bonchev–Trinajstić information content (AvgIpc) is 3.68. The van der Waals surface area contributed by atoms with Crippen molar-refractivity contribution < 1.29 is 28.8 Å². The third-order valence-electron chi connectivity index (χ3n) is 6.03. The number of carbonyl (C=O) groups excluding carboxylic acids is 1. The van der Waals surface area contributed by atoms with E-state index in [9.17, 15) is 4.79 Å². The molecule has 7 nitrogen and oxygen atoms in total. The van der Waals surface area contributed by atoms with Gasteiger partial charge < -0.3 is 4.43 Å². The van der Waals surface area contributed by atoms with Gasteiger partial charge in [-0.3, -0.25) is 9.78 Å². The molecule has 0 saturated carbocycles. The van der Waals surface area contributed by atoms with Gasteiger partial charge in [0, 0.05) is 37.0 Å². The predicted molar refractivity (Wildman–Crippen MR) is 107 cm³/mol. The first-order valence-electron chi connectivity index (χ1n) is 10.3. The summed E-state index contributed by atoms with van der Waals surface area (Å²) in [5.74, 6) is -0.276. The number of hydrogen-bond acceptors (Lipinski definition) is 7. The Hall–Kier alpha value is -1.84. The minimum atomic E-state index is -3.09. The first-order chi connectivity index (χ1) is 14.1. The molecule has 2 aromatic rings. The second-order valence-electron chi connectivity index (χ2n) is 7.57. The summed E-state index contributed by atoms with van der Waals surface area (Å²) in [6.07, 6.45) is 6.77. The van der Waals surface area contributed by atoms with Gasteiger partial charge in [-0.1, -0.05) is 45.0 Å². The summed E-state index contributed by atoms with van der Waals surface area (Å²) in [5.41, 5.74) is -0.665. The first-order valence-corrected chi connectivity index (χ1v) is 12.4. The summed E-state index contributed by atoms with van der Waals surface area (Å²) in [4.78, 5) is 38.6. The molecule has 0 spiro atoms. The first kappa shape index (κ1) is 20.4. The fraction of sp³-hybridized carbons (Fsp3) is 0.524. The maximum absolute atomic E-state index is 12.4. The van der Waals surface area contributed by atoms with E-state index in [0.29, 0.717) is 18.9 Å². The van der Waals surface area contributed by atoms with Crippen molar-refractivity contribution >= 4 is 25.1 Å². The lowest BCUT2D eigenvalue weighted by Gasteiger charge is -2.34. The third kappa shape index (κ3) is 3.38. The Labute approximate surface area is 171 Å². The minimum absolute atomic E-state index is 0.276. The molecule has 0 N–H and O–H groups in total. The van der Waals surface area contributed by atoms with Crippen LogP contribution in [0.4, 0.5) is 0 Å². The summed E-state index contributed by atoms with van der Waals surface area (Å²) in [6, 6.07) is 8.82. The zero-order valence-electron chi connectivity index (χ0n) is 17.1. The molecule has 0 amide bonds. The Balaban J connectivity index is 1.61. The van der Waals surface area contributed by atoms with Crippen LogP contribution in [0.1, 0.15) is 52.0 Å². The van der Waals surface area contributed by atoms with Crippen molar-refractivity contribution in [3.8, 4) is 0 Å². The lowest BCUT2D eigenvalue weighted by molar-refractivity contribution is -0.135. The van der Waals surface area contributed by atoms with Crippen molar-refractivity contribution in [3.63, 3.8) is 0 Å². The molecule has 2 saturated heterocycles. The van der Waals surface area contributed by atoms with E-state index in [1.807, 2.05) is 38.4 Å². The van der Waals surface area contributed by atoms with Crippen LogP contribution < -0.4 is 0 Å². The normalized spacial score (nSPS) is 19.1. The lowest BCUT2D eigenvalue weighted by Crippen LogP contribution is -2.65. The van der Waals surface area contributed by atoms with Gasteiger partial charge in [-0.15, -0.1) is 0 Å². The molecule has 0 radical (unpaired) electrons. The van der Waals surface area contributed by atoms with Gasteiger partial charge in [0.25, 0.3) is 16.8 Å². The van der Waals surface area contributed by atoms with E-state index in [0.717, 1.165) is 18.2 Å². The molecule has 0 bridgehead atoms. The third-order valence-corrected chi connectivity index (χ3v) is 11.2. The molecule has 0 atom stereocenters. The molecule has 2 aliphatic heterocycles. The number of aryl methyl sites for hydroxylation is 1. The van der Waals surface area contributed by atoms with Gasteiger partial charge in [0.05, 0.1) is 0 Å². The predicted octanol–water partition coefficient (Wildman–Crippen LogP) is 4.28. The van der Waals surface area contributed by atoms with Crippen LogP contribution in [0.3, 0.4) is 0 Å². The summed E-state index contributed by atoms with van der Waals surface area (Å²) in [5, 5.41) is 2.30. The van der Waals surface area contributed by atoms with Gasteiger partial charge in [0.2, 0.25) is 0 Å². The Morgan fingerprint density at radius 2 is 1.69 bits per heavy atom. The van der Waals surface area contributed by atoms with Crippen LogP contribution in [0.15, 0.2) is 36.7 Å². The van der Waals surface area contributed by atoms with Gasteiger partial charge >= 0.3 is 8.32 Å². The second kappa shape index (κ2) is 7.77. The van der Waals surface area contributed by atoms with Crippen LogP contribution >= 0.6 is 0 Å². The van der Waals surface area contributed by atoms with Gasteiger partial charge in [-0.05, 0) is 29.8 Å². The lowest BCUT2D eigenvalue weighted by atomic mass is 10.0. The highest BCUT2D eigenvalue weighted by Crippen LogP contribution is 2.57. The number of nitrogens with zero attached hydrogens (tertiary/aromatic N) is 1. The van der Waals surface area contributed by atoms with Crippen LogP contribution in [-0.4, -0.2) is 30.1 Å². The van der Waals surface area contributed by atoms with Crippen molar-refractivity contribution in [1.29, 1.82) is 0 Å². The molecule has 4 rings (SSSR count). The molecule has 29 heavy (non-hydrogen) atoms. The SMILES string of the molecule is CCC(=O)O[Si](CCCc1cncc2ccccc12)(C1(CC)OO1)C1(CC)OO1. The Morgan fingerprint density at radius 3 is 2.28 bits per heavy atom. The number of carbonyl (C=O) groups is 1. The summed E-state index contributed by atoms with van der Waals surface area (Å²) < 4.78 is 6.13. The highest BCUT2D eigenvalue weighted by atomic mass is 28.4. The molecular weight excluding hydrogens is 390 g/mol. The zero-order chi connectivity index (χ0) is 20.5. The number of benzene rings is 1. The molecule has 0 unspecified atom stereocenters. The van der Waals surface area contributed by atoms with E-state index in [-0.39, 0.29) is 12.4 Å². The van der Waals surface area contributed by atoms with Crippen LogP contribution in [0.25, 0.3) is 10.8 Å². The van der Waals surface area contributed by atoms with Crippen molar-refractivity contribution in [1.82, 2.24) is 4.98 Å². The topological polar surface area (TPSA) is 89.3 Å². The van der Waals surface area contributed by atoms with E-state index >= 15 is 0 Å². The number of fused-ring (bicyclic) bond motifs is 1. The van der Waals surface area contributed by atoms with E-state index in [2.05, 4.69) is 17.1 Å². The number of rotatable bonds is 10. The highest BCUT2D eigenvalue weighted by Gasteiger charge is 2.84. The van der Waals surface area contributed by atoms with Crippen molar-refractivity contribution in [2.75, 3.05) is 0 Å². The fourth-order valence-electron chi connectivity index (χ4n) is 4.23. The number of aromatic nitrogens is 1. The summed E-state index contributed by atoms with van der Waals surface area (Å²) in [7, 11) is -3.09. The van der Waals surface area contributed by atoms with E-state index < -0.39 is 19.1 Å². The van der Waals surface area contributed by atoms with E-state index in [4.69, 9.17) is 24.0 Å². The number of hydrogen-bond donors (Lipinski definition) is 0. The Kier molecular flexibility index (Phi) is 5.47. The Morgan fingerprint density at radius 1 is 1.03 bits per heavy atom. The molecule has 156 valence electrons. The molecule has 0 aliphatic carbocycles. The van der Waals surface area contributed by atoms with Crippen molar-refractivity contribution in [2.45, 2.75) is 69.7 Å². The molecular formula is C21H27NO6Si. The molecule has 2 aliphatic rings. The van der Waals surface area contributed by atoms with Crippen LogP contribution in [-0.2, 0) is 35.2 Å². The van der Waals surface area contributed by atoms with E-state index in [1.54, 1.807) is 6.92 Å². The zero-order valence-corrected chi connectivity index (χ0v) is 18.1. The molecule has 3 heterocycles. The Bertz CT molecular complexity index is 870. The van der Waals surface area contributed by atoms with Gasteiger partial charge in [0.15, 0.2) is 0 Å². The van der Waals surface area contributed by atoms with Crippen LogP contribution in [0, 0.1) is 0 Å². The fourth-order valence-corrected chi connectivity index (χ4v) is 8.95. The molecule has 1 aromatic heterocycles. The summed E-state index contributed by atoms with van der Waals surface area (Å²) in [6.45, 7) is 5.72. The van der Waals surface area contributed by atoms with Crippen molar-refractivity contribution in [3.05, 3.63) is 42.2 Å². The largest absolute Gasteiger partial charge is 0.507 e. The monoisotopic (exact) mass is 417 g/mol. The average molecular weight is 418 g/mol. The smallest absolute Gasteiger partial charge is 0.391 e. The molecule has 8 heteroatoms.